The second-order valence-electron chi connectivity index (χ2n) is 9.32. The van der Waals surface area contributed by atoms with E-state index < -0.39 is 0 Å². The predicted octanol–water partition coefficient (Wildman–Crippen LogP) is 4.93. The first-order valence-electron chi connectivity index (χ1n) is 12.2. The van der Waals surface area contributed by atoms with Crippen molar-refractivity contribution < 1.29 is 9.53 Å². The maximum Gasteiger partial charge on any atom is 0.179 e. The Morgan fingerprint density at radius 3 is 2.61 bits per heavy atom. The van der Waals surface area contributed by atoms with Crippen LogP contribution in [0.5, 0.6) is 5.75 Å². The third-order valence-electron chi connectivity index (χ3n) is 6.44. The van der Waals surface area contributed by atoms with E-state index in [0.717, 1.165) is 63.4 Å². The molecule has 4 rings (SSSR count). The van der Waals surface area contributed by atoms with Crippen LogP contribution >= 0.6 is 12.4 Å². The van der Waals surface area contributed by atoms with Crippen LogP contribution in [0.25, 0.3) is 0 Å². The maximum atomic E-state index is 13.0. The molecule has 2 aromatic carbocycles. The van der Waals surface area contributed by atoms with Gasteiger partial charge in [-0.15, -0.1) is 12.4 Å². The van der Waals surface area contributed by atoms with Crippen molar-refractivity contribution in [1.82, 2.24) is 10.2 Å². The van der Waals surface area contributed by atoms with E-state index in [4.69, 9.17) is 4.74 Å². The highest BCUT2D eigenvalue weighted by Crippen LogP contribution is 2.30. The Labute approximate surface area is 204 Å². The zero-order valence-corrected chi connectivity index (χ0v) is 20.8. The Bertz CT molecular complexity index is 888. The van der Waals surface area contributed by atoms with Gasteiger partial charge in [-0.05, 0) is 57.0 Å². The standard InChI is InChI=1S/C27H37N3O2.ClH/c1-21(2)32-26-13-6-5-12-25(26)30-17-15-29(16-18-30)20-22-9-8-10-23(19-22)27(31)24-11-4-3-7-14-28-24;/h5-6,8-10,12-13,19,21,24,28H,3-4,7,11,14-18,20H2,1-2H3;1H. The van der Waals surface area contributed by atoms with Crippen LogP contribution in [0.15, 0.2) is 48.5 Å². The lowest BCUT2D eigenvalue weighted by Crippen LogP contribution is -2.46. The summed E-state index contributed by atoms with van der Waals surface area (Å²) in [7, 11) is 0. The van der Waals surface area contributed by atoms with Gasteiger partial charge in [0.1, 0.15) is 5.75 Å². The van der Waals surface area contributed by atoms with Crippen molar-refractivity contribution in [3.05, 3.63) is 59.7 Å². The lowest BCUT2D eigenvalue weighted by Gasteiger charge is -2.37. The Balaban J connectivity index is 0.00000306. The Morgan fingerprint density at radius 1 is 1.03 bits per heavy atom. The fraction of sp³-hybridized carbons (Fsp3) is 0.519. The molecule has 2 heterocycles. The SMILES string of the molecule is CC(C)Oc1ccccc1N1CCN(Cc2cccc(C(=O)C3CCCCCN3)c2)CC1.Cl. The molecule has 2 aliphatic heterocycles. The minimum Gasteiger partial charge on any atom is -0.489 e. The Morgan fingerprint density at radius 2 is 1.82 bits per heavy atom. The lowest BCUT2D eigenvalue weighted by molar-refractivity contribution is 0.0940. The average molecular weight is 472 g/mol. The second-order valence-corrected chi connectivity index (χ2v) is 9.32. The van der Waals surface area contributed by atoms with Crippen molar-refractivity contribution >= 4 is 23.9 Å². The Hall–Kier alpha value is -2.08. The van der Waals surface area contributed by atoms with Crippen molar-refractivity contribution in [2.75, 3.05) is 37.6 Å². The molecule has 5 nitrogen and oxygen atoms in total. The third kappa shape index (κ3) is 6.95. The van der Waals surface area contributed by atoms with Crippen molar-refractivity contribution in [3.8, 4) is 5.75 Å². The summed E-state index contributed by atoms with van der Waals surface area (Å²) in [5.74, 6) is 1.22. The van der Waals surface area contributed by atoms with Gasteiger partial charge in [0.15, 0.2) is 5.78 Å². The lowest BCUT2D eigenvalue weighted by atomic mass is 9.98. The van der Waals surface area contributed by atoms with Gasteiger partial charge >= 0.3 is 0 Å². The summed E-state index contributed by atoms with van der Waals surface area (Å²) in [6, 6.07) is 16.6. The first kappa shape index (κ1) is 25.5. The van der Waals surface area contributed by atoms with Gasteiger partial charge in [0.25, 0.3) is 0 Å². The predicted molar refractivity (Wildman–Crippen MR) is 138 cm³/mol. The molecule has 0 aromatic heterocycles. The molecule has 0 saturated carbocycles. The van der Waals surface area contributed by atoms with E-state index in [-0.39, 0.29) is 30.3 Å². The molecule has 2 fully saturated rings. The van der Waals surface area contributed by atoms with Crippen LogP contribution in [0.4, 0.5) is 5.69 Å². The summed E-state index contributed by atoms with van der Waals surface area (Å²) in [5, 5.41) is 3.44. The molecule has 1 atom stereocenters. The fourth-order valence-electron chi connectivity index (χ4n) is 4.75. The number of rotatable bonds is 7. The smallest absolute Gasteiger partial charge is 0.179 e. The Kier molecular flexibility index (Phi) is 9.60. The van der Waals surface area contributed by atoms with Crippen LogP contribution in [0.2, 0.25) is 0 Å². The van der Waals surface area contributed by atoms with Crippen molar-refractivity contribution in [2.45, 2.75) is 58.2 Å². The van der Waals surface area contributed by atoms with Gasteiger partial charge in [-0.3, -0.25) is 9.69 Å². The number of carbonyl (C=O) groups excluding carboxylic acids is 1. The molecule has 6 heteroatoms. The summed E-state index contributed by atoms with van der Waals surface area (Å²) >= 11 is 0. The van der Waals surface area contributed by atoms with Crippen LogP contribution < -0.4 is 15.0 Å². The number of halogens is 1. The molecule has 33 heavy (non-hydrogen) atoms. The number of carbonyl (C=O) groups is 1. The molecule has 0 aliphatic carbocycles. The number of ketones is 1. The van der Waals surface area contributed by atoms with Gasteiger partial charge in [0.2, 0.25) is 0 Å². The van der Waals surface area contributed by atoms with E-state index >= 15 is 0 Å². The van der Waals surface area contributed by atoms with E-state index in [2.05, 4.69) is 59.3 Å². The van der Waals surface area contributed by atoms with Crippen molar-refractivity contribution in [2.24, 2.45) is 0 Å². The number of nitrogens with one attached hydrogen (secondary N) is 1. The highest BCUT2D eigenvalue weighted by atomic mass is 35.5. The number of hydrogen-bond donors (Lipinski definition) is 1. The van der Waals surface area contributed by atoms with Crippen molar-refractivity contribution in [1.29, 1.82) is 0 Å². The van der Waals surface area contributed by atoms with Crippen LogP contribution in [0.1, 0.15) is 55.5 Å². The van der Waals surface area contributed by atoms with Crippen molar-refractivity contribution in [3.63, 3.8) is 0 Å². The highest BCUT2D eigenvalue weighted by molar-refractivity contribution is 6.00. The number of Topliss-reactive ketones (excluding diaryl/α,β-unsaturated/α-hetero) is 1. The summed E-state index contributed by atoms with van der Waals surface area (Å²) in [4.78, 5) is 17.9. The molecular formula is C27H38ClN3O2. The number of nitrogens with zero attached hydrogens (tertiary/aromatic N) is 2. The fourth-order valence-corrected chi connectivity index (χ4v) is 4.75. The van der Waals surface area contributed by atoms with Gasteiger partial charge in [-0.25, -0.2) is 0 Å². The number of ether oxygens (including phenoxy) is 1. The number of hydrogen-bond acceptors (Lipinski definition) is 5. The number of benzene rings is 2. The van der Waals surface area contributed by atoms with Gasteiger partial charge in [-0.1, -0.05) is 43.2 Å². The normalized spacial score (nSPS) is 19.6. The quantitative estimate of drug-likeness (QED) is 0.580. The zero-order chi connectivity index (χ0) is 22.3. The van der Waals surface area contributed by atoms with E-state index in [1.807, 2.05) is 18.2 Å². The van der Waals surface area contributed by atoms with Gasteiger partial charge in [-0.2, -0.15) is 0 Å². The summed E-state index contributed by atoms with van der Waals surface area (Å²) < 4.78 is 6.02. The number of piperazine rings is 1. The van der Waals surface area contributed by atoms with Crippen LogP contribution in [0, 0.1) is 0 Å². The average Bonchev–Trinajstić information content (AvgIpc) is 3.09. The molecule has 2 aromatic rings. The maximum absolute atomic E-state index is 13.0. The summed E-state index contributed by atoms with van der Waals surface area (Å²) in [6.07, 6.45) is 4.65. The van der Waals surface area contributed by atoms with Crippen LogP contribution in [-0.4, -0.2) is 55.6 Å². The minimum atomic E-state index is -0.0237. The van der Waals surface area contributed by atoms with Crippen LogP contribution in [0.3, 0.4) is 0 Å². The first-order valence-corrected chi connectivity index (χ1v) is 12.2. The molecule has 2 saturated heterocycles. The second kappa shape index (κ2) is 12.4. The number of para-hydroxylation sites is 2. The molecule has 1 unspecified atom stereocenters. The third-order valence-corrected chi connectivity index (χ3v) is 6.44. The van der Waals surface area contributed by atoms with E-state index in [9.17, 15) is 4.79 Å². The van der Waals surface area contributed by atoms with Gasteiger partial charge in [0, 0.05) is 38.3 Å². The molecular weight excluding hydrogens is 434 g/mol. The molecule has 1 N–H and O–H groups in total. The topological polar surface area (TPSA) is 44.8 Å². The van der Waals surface area contributed by atoms with E-state index in [0.29, 0.717) is 0 Å². The summed E-state index contributed by atoms with van der Waals surface area (Å²) in [5.41, 5.74) is 3.26. The molecule has 0 spiro atoms. The molecule has 0 amide bonds. The number of anilines is 1. The zero-order valence-electron chi connectivity index (χ0n) is 20.0. The van der Waals surface area contributed by atoms with Gasteiger partial charge in [0.05, 0.1) is 17.8 Å². The largest absolute Gasteiger partial charge is 0.489 e. The van der Waals surface area contributed by atoms with Crippen LogP contribution in [-0.2, 0) is 6.54 Å². The molecule has 0 radical (unpaired) electrons. The van der Waals surface area contributed by atoms with E-state index in [1.54, 1.807) is 0 Å². The molecule has 2 aliphatic rings. The van der Waals surface area contributed by atoms with Gasteiger partial charge < -0.3 is 15.0 Å². The minimum absolute atomic E-state index is 0. The van der Waals surface area contributed by atoms with E-state index in [1.165, 1.54) is 24.1 Å². The molecule has 0 bridgehead atoms. The molecule has 180 valence electrons. The first-order chi connectivity index (χ1) is 15.6. The monoisotopic (exact) mass is 471 g/mol. The highest BCUT2D eigenvalue weighted by Gasteiger charge is 2.23. The summed E-state index contributed by atoms with van der Waals surface area (Å²) in [6.45, 7) is 9.92.